The fourth-order valence-electron chi connectivity index (χ4n) is 1.52. The van der Waals surface area contributed by atoms with Crippen molar-refractivity contribution >= 4 is 29.1 Å². The van der Waals surface area contributed by atoms with E-state index in [0.29, 0.717) is 6.42 Å². The minimum Gasteiger partial charge on any atom is -0.480 e. The summed E-state index contributed by atoms with van der Waals surface area (Å²) in [6.45, 7) is 1.91. The molecule has 0 aliphatic carbocycles. The molecule has 5 heteroatoms. The van der Waals surface area contributed by atoms with Gasteiger partial charge in [0.2, 0.25) is 0 Å². The summed E-state index contributed by atoms with van der Waals surface area (Å²) in [7, 11) is 0. The van der Waals surface area contributed by atoms with Crippen molar-refractivity contribution in [3.05, 3.63) is 47.0 Å². The average Bonchev–Trinajstić information content (AvgIpc) is 2.75. The lowest BCUT2D eigenvalue weighted by molar-refractivity contribution is -0.136. The number of aliphatic carboxylic acids is 1. The van der Waals surface area contributed by atoms with Gasteiger partial charge in [-0.3, -0.25) is 4.79 Å². The number of aryl methyl sites for hydroxylation is 1. The number of thiazole rings is 1. The molecule has 1 heterocycles. The summed E-state index contributed by atoms with van der Waals surface area (Å²) >= 11 is 2.81. The van der Waals surface area contributed by atoms with E-state index in [1.807, 2.05) is 42.6 Å². The maximum atomic E-state index is 11.3. The Bertz CT molecular complexity index is 525. The van der Waals surface area contributed by atoms with Gasteiger partial charge in [0, 0.05) is 11.1 Å². The Morgan fingerprint density at radius 2 is 2.17 bits per heavy atom. The first-order valence-electron chi connectivity index (χ1n) is 5.50. The van der Waals surface area contributed by atoms with Crippen molar-refractivity contribution in [3.8, 4) is 0 Å². The predicted molar refractivity (Wildman–Crippen MR) is 74.3 cm³/mol. The summed E-state index contributed by atoms with van der Waals surface area (Å²) in [4.78, 5) is 15.6. The van der Waals surface area contributed by atoms with Gasteiger partial charge in [-0.15, -0.1) is 11.3 Å². The van der Waals surface area contributed by atoms with E-state index in [4.69, 9.17) is 0 Å². The van der Waals surface area contributed by atoms with E-state index in [1.54, 1.807) is 0 Å². The van der Waals surface area contributed by atoms with Crippen LogP contribution in [0, 0.1) is 6.92 Å². The van der Waals surface area contributed by atoms with Crippen molar-refractivity contribution in [1.29, 1.82) is 0 Å². The summed E-state index contributed by atoms with van der Waals surface area (Å²) < 4.78 is 0.816. The Hall–Kier alpha value is -1.33. The minimum atomic E-state index is -0.795. The van der Waals surface area contributed by atoms with Crippen LogP contribution in [0.5, 0.6) is 0 Å². The van der Waals surface area contributed by atoms with Gasteiger partial charge >= 0.3 is 5.97 Å². The topological polar surface area (TPSA) is 50.2 Å². The van der Waals surface area contributed by atoms with Gasteiger partial charge in [0.25, 0.3) is 0 Å². The Balaban J connectivity index is 2.07. The number of nitrogens with zero attached hydrogens (tertiary/aromatic N) is 1. The molecule has 0 saturated heterocycles. The molecule has 0 radical (unpaired) electrons. The summed E-state index contributed by atoms with van der Waals surface area (Å²) in [5, 5.41) is 10.7. The molecule has 0 spiro atoms. The highest BCUT2D eigenvalue weighted by atomic mass is 32.2. The van der Waals surface area contributed by atoms with Crippen LogP contribution in [0.15, 0.2) is 40.1 Å². The first-order chi connectivity index (χ1) is 8.65. The van der Waals surface area contributed by atoms with E-state index in [9.17, 15) is 9.90 Å². The molecule has 0 aliphatic heterocycles. The molecule has 2 rings (SSSR count). The molecule has 1 unspecified atom stereocenters. The molecule has 1 N–H and O–H groups in total. The van der Waals surface area contributed by atoms with Crippen LogP contribution < -0.4 is 0 Å². The van der Waals surface area contributed by atoms with Crippen LogP contribution in [0.1, 0.15) is 11.3 Å². The van der Waals surface area contributed by atoms with Crippen LogP contribution in [-0.2, 0) is 11.2 Å². The highest BCUT2D eigenvalue weighted by Gasteiger charge is 2.20. The minimum absolute atomic E-state index is 0.488. The Labute approximate surface area is 114 Å². The number of hydrogen-bond acceptors (Lipinski definition) is 4. The first-order valence-corrected chi connectivity index (χ1v) is 7.26. The SMILES string of the molecule is Cc1csc(SC(Cc2ccccc2)C(=O)O)n1. The lowest BCUT2D eigenvalue weighted by Gasteiger charge is -2.10. The Morgan fingerprint density at radius 1 is 1.44 bits per heavy atom. The predicted octanol–water partition coefficient (Wildman–Crippen LogP) is 3.24. The average molecular weight is 279 g/mol. The van der Waals surface area contributed by atoms with Gasteiger partial charge in [-0.2, -0.15) is 0 Å². The number of rotatable bonds is 5. The monoisotopic (exact) mass is 279 g/mol. The number of carboxylic acid groups (broad SMARTS) is 1. The summed E-state index contributed by atoms with van der Waals surface area (Å²) in [5.74, 6) is -0.795. The maximum Gasteiger partial charge on any atom is 0.317 e. The molecule has 0 bridgehead atoms. The van der Waals surface area contributed by atoms with Crippen LogP contribution in [0.2, 0.25) is 0 Å². The molecule has 0 fully saturated rings. The number of thioether (sulfide) groups is 1. The second-order valence-electron chi connectivity index (χ2n) is 3.89. The molecule has 94 valence electrons. The Morgan fingerprint density at radius 3 is 2.72 bits per heavy atom. The molecular weight excluding hydrogens is 266 g/mol. The number of carbonyl (C=O) groups is 1. The lowest BCUT2D eigenvalue weighted by atomic mass is 10.1. The van der Waals surface area contributed by atoms with Crippen LogP contribution >= 0.6 is 23.1 Å². The fraction of sp³-hybridized carbons (Fsp3) is 0.231. The van der Waals surface area contributed by atoms with Gasteiger partial charge in [0.05, 0.1) is 0 Å². The zero-order valence-electron chi connectivity index (χ0n) is 9.87. The maximum absolute atomic E-state index is 11.3. The van der Waals surface area contributed by atoms with Gasteiger partial charge < -0.3 is 5.11 Å². The van der Waals surface area contributed by atoms with E-state index in [2.05, 4.69) is 4.98 Å². The lowest BCUT2D eigenvalue weighted by Crippen LogP contribution is -2.19. The van der Waals surface area contributed by atoms with Gasteiger partial charge in [-0.05, 0) is 18.9 Å². The molecule has 3 nitrogen and oxygen atoms in total. The molecule has 18 heavy (non-hydrogen) atoms. The Kier molecular flexibility index (Phi) is 4.38. The van der Waals surface area contributed by atoms with E-state index >= 15 is 0 Å². The largest absolute Gasteiger partial charge is 0.480 e. The van der Waals surface area contributed by atoms with E-state index in [0.717, 1.165) is 15.6 Å². The van der Waals surface area contributed by atoms with Crippen LogP contribution in [0.3, 0.4) is 0 Å². The highest BCUT2D eigenvalue weighted by Crippen LogP contribution is 2.28. The summed E-state index contributed by atoms with van der Waals surface area (Å²) in [6, 6.07) is 9.67. The van der Waals surface area contributed by atoms with Gasteiger partial charge in [0.1, 0.15) is 5.25 Å². The summed E-state index contributed by atoms with van der Waals surface area (Å²) in [5.41, 5.74) is 1.97. The third-order valence-electron chi connectivity index (χ3n) is 2.38. The molecular formula is C13H13NO2S2. The summed E-state index contributed by atoms with van der Waals surface area (Å²) in [6.07, 6.45) is 0.513. The second-order valence-corrected chi connectivity index (χ2v) is 6.20. The smallest absolute Gasteiger partial charge is 0.317 e. The quantitative estimate of drug-likeness (QED) is 0.854. The molecule has 0 saturated carbocycles. The van der Waals surface area contributed by atoms with Crippen molar-refractivity contribution in [3.63, 3.8) is 0 Å². The number of aromatic nitrogens is 1. The van der Waals surface area contributed by atoms with Crippen LogP contribution in [0.4, 0.5) is 0 Å². The first kappa shape index (κ1) is 13.1. The van der Waals surface area contributed by atoms with Crippen molar-refractivity contribution in [2.75, 3.05) is 0 Å². The van der Waals surface area contributed by atoms with Gasteiger partial charge in [-0.25, -0.2) is 4.98 Å². The molecule has 0 aliphatic rings. The van der Waals surface area contributed by atoms with Crippen LogP contribution in [-0.4, -0.2) is 21.3 Å². The van der Waals surface area contributed by atoms with E-state index < -0.39 is 11.2 Å². The third-order valence-corrected chi connectivity index (χ3v) is 4.66. The van der Waals surface area contributed by atoms with E-state index in [-0.39, 0.29) is 0 Å². The van der Waals surface area contributed by atoms with Crippen molar-refractivity contribution in [1.82, 2.24) is 4.98 Å². The number of hydrogen-bond donors (Lipinski definition) is 1. The van der Waals surface area contributed by atoms with Crippen molar-refractivity contribution < 1.29 is 9.90 Å². The standard InChI is InChI=1S/C13H13NO2S2/c1-9-8-17-13(14-9)18-11(12(15)16)7-10-5-3-2-4-6-10/h2-6,8,11H,7H2,1H3,(H,15,16). The third kappa shape index (κ3) is 3.58. The van der Waals surface area contributed by atoms with Crippen molar-refractivity contribution in [2.45, 2.75) is 22.9 Å². The second kappa shape index (κ2) is 6.02. The molecule has 0 amide bonds. The van der Waals surface area contributed by atoms with Gasteiger partial charge in [-0.1, -0.05) is 42.1 Å². The van der Waals surface area contributed by atoms with Crippen molar-refractivity contribution in [2.24, 2.45) is 0 Å². The number of carboxylic acids is 1. The van der Waals surface area contributed by atoms with Crippen LogP contribution in [0.25, 0.3) is 0 Å². The number of benzene rings is 1. The highest BCUT2D eigenvalue weighted by molar-refractivity contribution is 8.02. The normalized spacial score (nSPS) is 12.3. The van der Waals surface area contributed by atoms with Gasteiger partial charge in [0.15, 0.2) is 4.34 Å². The zero-order valence-corrected chi connectivity index (χ0v) is 11.5. The van der Waals surface area contributed by atoms with E-state index in [1.165, 1.54) is 23.1 Å². The zero-order chi connectivity index (χ0) is 13.0. The molecule has 2 aromatic rings. The molecule has 1 aromatic heterocycles. The molecule has 1 aromatic carbocycles. The fourth-order valence-corrected chi connectivity index (χ4v) is 3.57. The molecule has 1 atom stereocenters.